The van der Waals surface area contributed by atoms with Crippen LogP contribution in [0.4, 0.5) is 0 Å². The van der Waals surface area contributed by atoms with Crippen LogP contribution in [0.25, 0.3) is 0 Å². The number of hydrogen-bond donors (Lipinski definition) is 0. The average molecular weight is 488 g/mol. The number of rotatable bonds is 8. The molecule has 30 heavy (non-hydrogen) atoms. The van der Waals surface area contributed by atoms with Gasteiger partial charge in [-0.3, -0.25) is 0 Å². The number of carbonyl (C=O) groups excluding carboxylic acids is 1. The van der Waals surface area contributed by atoms with Gasteiger partial charge in [0.1, 0.15) is 6.10 Å². The largest absolute Gasteiger partial charge is 0.455 e. The molecule has 0 bridgehead atoms. The summed E-state index contributed by atoms with van der Waals surface area (Å²) in [6, 6.07) is 21.2. The third-order valence-electron chi connectivity index (χ3n) is 5.63. The van der Waals surface area contributed by atoms with Crippen molar-refractivity contribution in [2.24, 2.45) is 0 Å². The Hall–Kier alpha value is -1.69. The smallest absolute Gasteiger partial charge is 0.334 e. The Balaban J connectivity index is 2.09. The van der Waals surface area contributed by atoms with Gasteiger partial charge in [-0.15, -0.1) is 0 Å². The summed E-state index contributed by atoms with van der Waals surface area (Å²) in [4.78, 5) is 12.3. The molecule has 0 unspecified atom stereocenters. The van der Waals surface area contributed by atoms with Crippen molar-refractivity contribution in [3.63, 3.8) is 0 Å². The maximum absolute atomic E-state index is 12.3. The molecular formula is C25H31BrO3Si. The first-order valence-electron chi connectivity index (χ1n) is 10.5. The minimum Gasteiger partial charge on any atom is -0.455 e. The Morgan fingerprint density at radius 2 is 1.57 bits per heavy atom. The van der Waals surface area contributed by atoms with Gasteiger partial charge in [-0.2, -0.15) is 0 Å². The van der Waals surface area contributed by atoms with Gasteiger partial charge in [0.05, 0.1) is 6.10 Å². The highest BCUT2D eigenvalue weighted by molar-refractivity contribution is 9.09. The van der Waals surface area contributed by atoms with Crippen LogP contribution in [0.3, 0.4) is 0 Å². The second-order valence-corrected chi connectivity index (χ2v) is 13.9. The Morgan fingerprint density at radius 1 is 1.03 bits per heavy atom. The standard InChI is InChI=1S/C25H31BrO3Si/c1-19-17-20(24(27)28-19)18-21(15-16-26)29-30(25(2,3)4,22-11-7-5-8-12-22)23-13-9-6-10-14-23/h5-14,17,19,21H,15-16,18H2,1-4H3/t19-,21+/m0/s1. The van der Waals surface area contributed by atoms with Crippen LogP contribution in [-0.2, 0) is 14.0 Å². The van der Waals surface area contributed by atoms with E-state index in [2.05, 4.69) is 85.2 Å². The van der Waals surface area contributed by atoms with Crippen LogP contribution >= 0.6 is 15.9 Å². The fourth-order valence-corrected chi connectivity index (χ4v) is 9.52. The summed E-state index contributed by atoms with van der Waals surface area (Å²) < 4.78 is 12.6. The molecule has 0 aromatic heterocycles. The lowest BCUT2D eigenvalue weighted by molar-refractivity contribution is -0.139. The van der Waals surface area contributed by atoms with Crippen molar-refractivity contribution in [2.45, 2.75) is 57.8 Å². The second-order valence-electron chi connectivity index (χ2n) is 8.89. The Morgan fingerprint density at radius 3 is 1.97 bits per heavy atom. The van der Waals surface area contributed by atoms with Crippen molar-refractivity contribution in [3.8, 4) is 0 Å². The van der Waals surface area contributed by atoms with Crippen molar-refractivity contribution in [3.05, 3.63) is 72.3 Å². The van der Waals surface area contributed by atoms with Crippen LogP contribution < -0.4 is 10.4 Å². The van der Waals surface area contributed by atoms with E-state index in [9.17, 15) is 4.79 Å². The fourth-order valence-electron chi connectivity index (χ4n) is 4.29. The number of hydrogen-bond acceptors (Lipinski definition) is 3. The van der Waals surface area contributed by atoms with Crippen LogP contribution in [-0.4, -0.2) is 31.8 Å². The highest BCUT2D eigenvalue weighted by atomic mass is 79.9. The number of ether oxygens (including phenoxy) is 1. The summed E-state index contributed by atoms with van der Waals surface area (Å²) in [6.07, 6.45) is 3.07. The lowest BCUT2D eigenvalue weighted by Gasteiger charge is -2.45. The van der Waals surface area contributed by atoms with Gasteiger partial charge in [-0.1, -0.05) is 97.4 Å². The molecule has 2 atom stereocenters. The maximum atomic E-state index is 12.3. The van der Waals surface area contributed by atoms with Gasteiger partial charge in [0.25, 0.3) is 8.32 Å². The molecule has 3 rings (SSSR count). The average Bonchev–Trinajstić information content (AvgIpc) is 3.03. The minimum atomic E-state index is -2.66. The van der Waals surface area contributed by atoms with Gasteiger partial charge in [-0.25, -0.2) is 4.79 Å². The number of carbonyl (C=O) groups is 1. The van der Waals surface area contributed by atoms with Crippen LogP contribution in [0.2, 0.25) is 5.04 Å². The quantitative estimate of drug-likeness (QED) is 0.299. The molecule has 0 N–H and O–H groups in total. The lowest BCUT2D eigenvalue weighted by Crippen LogP contribution is -2.67. The van der Waals surface area contributed by atoms with Crippen LogP contribution in [0.5, 0.6) is 0 Å². The number of halogens is 1. The summed E-state index contributed by atoms with van der Waals surface area (Å²) in [7, 11) is -2.66. The third kappa shape index (κ3) is 4.79. The van der Waals surface area contributed by atoms with Crippen molar-refractivity contribution in [2.75, 3.05) is 5.33 Å². The van der Waals surface area contributed by atoms with E-state index in [0.29, 0.717) is 6.42 Å². The first kappa shape index (κ1) is 23.0. The van der Waals surface area contributed by atoms with E-state index in [1.165, 1.54) is 10.4 Å². The van der Waals surface area contributed by atoms with Gasteiger partial charge >= 0.3 is 5.97 Å². The molecule has 0 saturated carbocycles. The number of alkyl halides is 1. The van der Waals surface area contributed by atoms with Gasteiger partial charge in [0, 0.05) is 17.3 Å². The molecule has 2 aromatic rings. The first-order chi connectivity index (χ1) is 14.3. The third-order valence-corrected chi connectivity index (χ3v) is 11.2. The Kier molecular flexibility index (Phi) is 7.37. The highest BCUT2D eigenvalue weighted by Gasteiger charge is 2.51. The number of benzene rings is 2. The van der Waals surface area contributed by atoms with E-state index < -0.39 is 8.32 Å². The molecule has 0 fully saturated rings. The molecule has 0 spiro atoms. The summed E-state index contributed by atoms with van der Waals surface area (Å²) in [5, 5.41) is 3.21. The maximum Gasteiger partial charge on any atom is 0.334 e. The summed E-state index contributed by atoms with van der Waals surface area (Å²) in [5.74, 6) is -0.215. The topological polar surface area (TPSA) is 35.5 Å². The molecule has 5 heteroatoms. The van der Waals surface area contributed by atoms with Crippen molar-refractivity contribution < 1.29 is 14.0 Å². The van der Waals surface area contributed by atoms with Crippen LogP contribution in [0.1, 0.15) is 40.5 Å². The Labute approximate surface area is 189 Å². The molecule has 0 radical (unpaired) electrons. The van der Waals surface area contributed by atoms with E-state index >= 15 is 0 Å². The predicted octanol–water partition coefficient (Wildman–Crippen LogP) is 4.98. The molecular weight excluding hydrogens is 456 g/mol. The first-order valence-corrected chi connectivity index (χ1v) is 13.6. The van der Waals surface area contributed by atoms with E-state index in [4.69, 9.17) is 9.16 Å². The monoisotopic (exact) mass is 486 g/mol. The molecule has 2 aromatic carbocycles. The van der Waals surface area contributed by atoms with Gasteiger partial charge in [0.2, 0.25) is 0 Å². The molecule has 0 aliphatic carbocycles. The summed E-state index contributed by atoms with van der Waals surface area (Å²) >= 11 is 3.60. The molecule has 1 heterocycles. The number of cyclic esters (lactones) is 1. The zero-order chi connectivity index (χ0) is 21.8. The van der Waals surface area contributed by atoms with Gasteiger partial charge in [-0.05, 0) is 34.8 Å². The Bertz CT molecular complexity index is 835. The molecule has 160 valence electrons. The normalized spacial score (nSPS) is 18.1. The zero-order valence-electron chi connectivity index (χ0n) is 18.2. The highest BCUT2D eigenvalue weighted by Crippen LogP contribution is 2.38. The zero-order valence-corrected chi connectivity index (χ0v) is 20.8. The second kappa shape index (κ2) is 9.63. The van der Waals surface area contributed by atoms with E-state index in [1.807, 2.05) is 25.1 Å². The van der Waals surface area contributed by atoms with E-state index in [-0.39, 0.29) is 23.2 Å². The molecule has 0 amide bonds. The van der Waals surface area contributed by atoms with Crippen molar-refractivity contribution >= 4 is 40.6 Å². The summed E-state index contributed by atoms with van der Waals surface area (Å²) in [5.41, 5.74) is 0.728. The van der Waals surface area contributed by atoms with Gasteiger partial charge in [0.15, 0.2) is 0 Å². The summed E-state index contributed by atoms with van der Waals surface area (Å²) in [6.45, 7) is 8.72. The van der Waals surface area contributed by atoms with Gasteiger partial charge < -0.3 is 9.16 Å². The molecule has 1 aliphatic heterocycles. The molecule has 3 nitrogen and oxygen atoms in total. The fraction of sp³-hybridized carbons (Fsp3) is 0.400. The lowest BCUT2D eigenvalue weighted by atomic mass is 10.1. The van der Waals surface area contributed by atoms with E-state index in [1.54, 1.807) is 0 Å². The molecule has 1 aliphatic rings. The number of esters is 1. The predicted molar refractivity (Wildman–Crippen MR) is 129 cm³/mol. The van der Waals surface area contributed by atoms with Crippen LogP contribution in [0, 0.1) is 0 Å². The SMILES string of the molecule is C[C@H]1C=C(C[C@@H](CCBr)O[Si](c2ccccc2)(c2ccccc2)C(C)(C)C)C(=O)O1. The van der Waals surface area contributed by atoms with Crippen molar-refractivity contribution in [1.29, 1.82) is 0 Å². The van der Waals surface area contributed by atoms with Crippen molar-refractivity contribution in [1.82, 2.24) is 0 Å². The van der Waals surface area contributed by atoms with Crippen LogP contribution in [0.15, 0.2) is 72.3 Å². The minimum absolute atomic E-state index is 0.0835. The van der Waals surface area contributed by atoms with E-state index in [0.717, 1.165) is 17.3 Å². The molecule has 0 saturated heterocycles.